The van der Waals surface area contributed by atoms with Gasteiger partial charge in [0.05, 0.1) is 19.7 Å². The Morgan fingerprint density at radius 1 is 0.411 bits per heavy atom. The van der Waals surface area contributed by atoms with Gasteiger partial charge in [0, 0.05) is 215 Å². The third kappa shape index (κ3) is 18.1. The molecule has 2 fully saturated rings. The lowest BCUT2D eigenvalue weighted by Gasteiger charge is -2.20. The second kappa shape index (κ2) is 38.0. The first-order valence-corrected chi connectivity index (χ1v) is 44.4. The molecule has 0 amide bonds. The molecule has 1 atom stereocenters. The number of nitro benzene ring substituents is 4. The van der Waals surface area contributed by atoms with Crippen molar-refractivity contribution in [1.82, 2.24) is 47.8 Å². The van der Waals surface area contributed by atoms with Crippen LogP contribution in [0.15, 0.2) is 176 Å². The van der Waals surface area contributed by atoms with E-state index < -0.39 is 0 Å². The Morgan fingerprint density at radius 3 is 1.17 bits per heavy atom. The molecule has 0 saturated carbocycles. The van der Waals surface area contributed by atoms with Crippen molar-refractivity contribution in [2.24, 2.45) is 0 Å². The number of carbonyl (C=O) groups excluding carboxylic acids is 1. The van der Waals surface area contributed by atoms with Gasteiger partial charge in [-0.2, -0.15) is 0 Å². The number of carbonyl (C=O) groups is 1. The molecule has 2 aliphatic carbocycles. The molecule has 1 N–H and O–H groups in total. The number of likely N-dealkylation sites (tertiary alicyclic amines) is 2. The molecule has 644 valence electrons. The van der Waals surface area contributed by atoms with Crippen molar-refractivity contribution < 1.29 is 24.5 Å². The number of hydrogen-bond acceptors (Lipinski definition) is 14. The van der Waals surface area contributed by atoms with Gasteiger partial charge in [0.2, 0.25) is 0 Å². The molecule has 23 nitrogen and oxygen atoms in total. The number of nitrogens with one attached hydrogen (secondary N) is 1. The molecule has 124 heavy (non-hydrogen) atoms. The van der Waals surface area contributed by atoms with E-state index in [0.717, 1.165) is 211 Å². The average Bonchev–Trinajstić information content (AvgIpc) is 1.56. The van der Waals surface area contributed by atoms with E-state index in [1.54, 1.807) is 48.5 Å². The zero-order valence-electron chi connectivity index (χ0n) is 73.5. The quantitative estimate of drug-likeness (QED) is 0.0318. The zero-order valence-corrected chi connectivity index (χ0v) is 73.5. The van der Waals surface area contributed by atoms with E-state index in [1.165, 1.54) is 117 Å². The van der Waals surface area contributed by atoms with Gasteiger partial charge in [-0.05, 0) is 292 Å². The van der Waals surface area contributed by atoms with E-state index in [0.29, 0.717) is 18.2 Å². The molecule has 5 aromatic heterocycles. The number of nitrogens with zero attached hydrogens (tertiary/aromatic N) is 13. The Labute approximate surface area is 723 Å². The number of non-ortho nitro benzene ring substituents is 4. The minimum atomic E-state index is -0.329. The van der Waals surface area contributed by atoms with Crippen molar-refractivity contribution in [1.29, 1.82) is 0 Å². The van der Waals surface area contributed by atoms with Crippen LogP contribution in [0.2, 0.25) is 0 Å². The van der Waals surface area contributed by atoms with Gasteiger partial charge in [0.25, 0.3) is 22.7 Å². The van der Waals surface area contributed by atoms with Gasteiger partial charge < -0.3 is 47.8 Å². The molecule has 0 bridgehead atoms. The van der Waals surface area contributed by atoms with Crippen molar-refractivity contribution in [3.63, 3.8) is 0 Å². The van der Waals surface area contributed by atoms with E-state index >= 15 is 0 Å². The summed E-state index contributed by atoms with van der Waals surface area (Å²) < 4.78 is 11.7. The molecule has 2 aliphatic heterocycles. The second-order valence-corrected chi connectivity index (χ2v) is 34.5. The largest absolute Gasteiger partial charge is 0.340 e. The van der Waals surface area contributed by atoms with Gasteiger partial charge >= 0.3 is 0 Å². The minimum Gasteiger partial charge on any atom is -0.340 e. The van der Waals surface area contributed by atoms with Crippen LogP contribution in [0.5, 0.6) is 0 Å². The SMILES string of the molecule is C=C1CCc2c1ccc1c2c2c3c(ccc2n1CCNCC)C(=O)CC3.CCN(CC)CCCn1c2ccc(C)cc2c2cc([N+](=O)[O-])ccc21.Cc1ccc2c(c1)c1cc([N+](=O)[O-])ccc1n2CCC1CCCN1C.Cc1ccc2c(c1)c1cc([N+](=O)[O-])ccc1n2CCCN(C)C.Cc1ccc2c(c1)c1cc([N+](=O)[O-])ccc1n2CCCN1CCCC1. The lowest BCUT2D eigenvalue weighted by molar-refractivity contribution is -0.384. The smallest absolute Gasteiger partial charge is 0.270 e. The van der Waals surface area contributed by atoms with Gasteiger partial charge in [-0.1, -0.05) is 79.9 Å². The molecule has 1 unspecified atom stereocenters. The van der Waals surface area contributed by atoms with Crippen LogP contribution in [0.1, 0.15) is 134 Å². The van der Waals surface area contributed by atoms with Crippen LogP contribution in [-0.2, 0) is 45.6 Å². The number of rotatable bonds is 25. The maximum atomic E-state index is 12.3. The lowest BCUT2D eigenvalue weighted by Crippen LogP contribution is -2.26. The number of benzene rings is 10. The summed E-state index contributed by atoms with van der Waals surface area (Å²) >= 11 is 0. The summed E-state index contributed by atoms with van der Waals surface area (Å²) in [5.74, 6) is 0.299. The molecular weight excluding hydrogens is 1550 g/mol. The average molecular weight is 1670 g/mol. The molecule has 15 aromatic rings. The number of fused-ring (bicyclic) bond motifs is 19. The highest BCUT2D eigenvalue weighted by Crippen LogP contribution is 2.45. The normalized spacial score (nSPS) is 14.7. The third-order valence-corrected chi connectivity index (χ3v) is 26.1. The Hall–Kier alpha value is -12.0. The lowest BCUT2D eigenvalue weighted by atomic mass is 9.97. The number of hydrogen-bond donors (Lipinski definition) is 1. The van der Waals surface area contributed by atoms with Gasteiger partial charge in [-0.15, -0.1) is 0 Å². The first-order valence-electron chi connectivity index (χ1n) is 44.4. The number of nitro groups is 4. The molecule has 4 aliphatic rings. The topological polar surface area (TPSA) is 239 Å². The highest BCUT2D eigenvalue weighted by Gasteiger charge is 2.30. The van der Waals surface area contributed by atoms with Gasteiger partial charge in [0.15, 0.2) is 5.78 Å². The fourth-order valence-electron chi connectivity index (χ4n) is 19.8. The molecular formula is C101H116N14O9. The van der Waals surface area contributed by atoms with Crippen LogP contribution < -0.4 is 5.32 Å². The number of ketones is 1. The van der Waals surface area contributed by atoms with Crippen LogP contribution in [0.3, 0.4) is 0 Å². The minimum absolute atomic E-state index is 0.145. The molecule has 7 heterocycles. The number of aryl methyl sites for hydroxylation is 10. The Balaban J connectivity index is 0.000000120. The molecule has 2 saturated heterocycles. The van der Waals surface area contributed by atoms with Crippen molar-refractivity contribution in [2.75, 3.05) is 86.6 Å². The summed E-state index contributed by atoms with van der Waals surface area (Å²) in [4.78, 5) is 65.2. The third-order valence-electron chi connectivity index (χ3n) is 26.1. The molecule has 23 heteroatoms. The maximum Gasteiger partial charge on any atom is 0.270 e. The monoisotopic (exact) mass is 1670 g/mol. The molecule has 0 radical (unpaired) electrons. The Morgan fingerprint density at radius 2 is 0.774 bits per heavy atom. The summed E-state index contributed by atoms with van der Waals surface area (Å²) in [6.45, 7) is 34.5. The van der Waals surface area contributed by atoms with Crippen molar-refractivity contribution in [3.05, 3.63) is 261 Å². The summed E-state index contributed by atoms with van der Waals surface area (Å²) in [5.41, 5.74) is 23.0. The predicted molar refractivity (Wildman–Crippen MR) is 507 cm³/mol. The first kappa shape index (κ1) is 86.9. The van der Waals surface area contributed by atoms with E-state index in [4.69, 9.17) is 0 Å². The van der Waals surface area contributed by atoms with Crippen LogP contribution in [-0.4, -0.2) is 161 Å². The van der Waals surface area contributed by atoms with E-state index in [-0.39, 0.29) is 42.4 Å². The van der Waals surface area contributed by atoms with Crippen molar-refractivity contribution in [3.8, 4) is 0 Å². The van der Waals surface area contributed by atoms with Crippen molar-refractivity contribution in [2.45, 2.75) is 164 Å². The Bertz CT molecular complexity index is 6380. The second-order valence-electron chi connectivity index (χ2n) is 34.5. The summed E-state index contributed by atoms with van der Waals surface area (Å²) in [7, 11) is 6.34. The van der Waals surface area contributed by atoms with E-state index in [1.807, 2.05) is 31.2 Å². The summed E-state index contributed by atoms with van der Waals surface area (Å²) in [5, 5.41) is 59.1. The maximum absolute atomic E-state index is 12.3. The van der Waals surface area contributed by atoms with Crippen LogP contribution in [0.25, 0.3) is 115 Å². The zero-order chi connectivity index (χ0) is 87.3. The fourth-order valence-corrected chi connectivity index (χ4v) is 19.8. The highest BCUT2D eigenvalue weighted by atomic mass is 16.6. The summed E-state index contributed by atoms with van der Waals surface area (Å²) in [6, 6.07) is 55.7. The van der Waals surface area contributed by atoms with Crippen LogP contribution >= 0.6 is 0 Å². The van der Waals surface area contributed by atoms with E-state index in [2.05, 4.69) is 214 Å². The highest BCUT2D eigenvalue weighted by molar-refractivity contribution is 6.18. The summed E-state index contributed by atoms with van der Waals surface area (Å²) in [6.07, 6.45) is 13.1. The van der Waals surface area contributed by atoms with Gasteiger partial charge in [0.1, 0.15) is 0 Å². The fraction of sp³-hybridized carbons (Fsp3) is 0.376. The first-order chi connectivity index (χ1) is 59.9. The predicted octanol–water partition coefficient (Wildman–Crippen LogP) is 22.2. The Kier molecular flexibility index (Phi) is 26.6. The number of aromatic nitrogens is 5. The van der Waals surface area contributed by atoms with E-state index in [9.17, 15) is 45.3 Å². The molecule has 0 spiro atoms. The van der Waals surface area contributed by atoms with Crippen LogP contribution in [0.4, 0.5) is 22.7 Å². The molecule has 19 rings (SSSR count). The number of likely N-dealkylation sites (N-methyl/N-ethyl adjacent to an activating group) is 1. The van der Waals surface area contributed by atoms with Gasteiger partial charge in [-0.25, -0.2) is 0 Å². The van der Waals surface area contributed by atoms with Crippen LogP contribution in [0, 0.1) is 68.2 Å². The number of Topliss-reactive ketones (excluding diaryl/α,β-unsaturated/α-hetero) is 1. The standard InChI is InChI=1S/C23H24N2O.2C20H23N3O2.C20H25N3O2.C18H21N3O2/c1-3-24-12-13-25-19-9-6-15-14(2)4-5-17(15)22(19)23-18-8-11-21(26)16(18)7-10-20(23)25;1-14-5-7-19-17(12-14)18-13-16(23(24)25)6-8-20(18)22(19)11-9-15-4-3-10-21(15)2;1-15-5-7-19-17(13-15)18-14-16(23(24)25)6-8-20(18)22(19)12-4-11-21-9-2-3-10-21;1-4-21(5-2)11-6-12-22-19-9-7-15(3)13-17(19)18-14-16(23(24)25)8-10-20(18)22;1-13-5-7-17-15(11-13)16-12-14(21(22)23)6-8-18(16)20(17)10-4-9-19(2)3/h6-7,9-10,24H,2-5,8,11-13H2,1H3;5-8,12-13,15H,3-4,9-11H2,1-2H3;5-8,13-14H,2-4,9-12H2,1H3;7-10,13-14H,4-6,11-12H2,1-3H3;5-8,11-12H,4,9-10H2,1-3H3. The van der Waals surface area contributed by atoms with Gasteiger partial charge in [-0.3, -0.25) is 45.3 Å². The molecule has 10 aromatic carbocycles. The van der Waals surface area contributed by atoms with Crippen molar-refractivity contribution >= 4 is 143 Å². The number of allylic oxidation sites excluding steroid dienone is 1.